The Balaban J connectivity index is 0.00000131. The third-order valence-electron chi connectivity index (χ3n) is 5.23. The molecule has 1 aromatic carbocycles. The van der Waals surface area contributed by atoms with Gasteiger partial charge in [-0.25, -0.2) is 4.98 Å². The molecule has 3 N–H and O–H groups in total. The molecule has 1 saturated carbocycles. The van der Waals surface area contributed by atoms with E-state index >= 15 is 0 Å². The predicted molar refractivity (Wildman–Crippen MR) is 115 cm³/mol. The third kappa shape index (κ3) is 5.00. The van der Waals surface area contributed by atoms with Gasteiger partial charge in [-0.3, -0.25) is 9.69 Å². The summed E-state index contributed by atoms with van der Waals surface area (Å²) in [5.74, 6) is -0.0720. The standard InChI is InChI=1S/C19H24N4OS.2ClH/c20-19(9-4-5-10-19)17(24)22-18-21-15-8-11-23(13-16(15)25-18)12-14-6-2-1-3-7-14;;/h1-3,6-7H,4-5,8-13,20H2,(H,21,22,24);2*1H. The van der Waals surface area contributed by atoms with Crippen molar-refractivity contribution in [3.05, 3.63) is 46.5 Å². The monoisotopic (exact) mass is 428 g/mol. The molecule has 2 aliphatic rings. The molecule has 1 aliphatic carbocycles. The lowest BCUT2D eigenvalue weighted by atomic mass is 9.98. The summed E-state index contributed by atoms with van der Waals surface area (Å²) in [5, 5.41) is 3.67. The molecule has 0 saturated heterocycles. The van der Waals surface area contributed by atoms with Crippen molar-refractivity contribution in [3.8, 4) is 0 Å². The number of nitrogens with zero attached hydrogens (tertiary/aromatic N) is 2. The van der Waals surface area contributed by atoms with Gasteiger partial charge in [-0.05, 0) is 18.4 Å². The molecule has 0 radical (unpaired) electrons. The number of benzene rings is 1. The zero-order valence-corrected chi connectivity index (χ0v) is 17.6. The van der Waals surface area contributed by atoms with Crippen LogP contribution in [0.25, 0.3) is 0 Å². The quantitative estimate of drug-likeness (QED) is 0.777. The largest absolute Gasteiger partial charge is 0.317 e. The Kier molecular flexibility index (Phi) is 7.65. The number of hydrogen-bond acceptors (Lipinski definition) is 5. The first-order valence-electron chi connectivity index (χ1n) is 8.98. The Bertz CT molecular complexity index is 762. The molecule has 0 bridgehead atoms. The molecule has 2 heterocycles. The van der Waals surface area contributed by atoms with E-state index in [0.717, 1.165) is 57.4 Å². The lowest BCUT2D eigenvalue weighted by molar-refractivity contribution is -0.121. The van der Waals surface area contributed by atoms with E-state index in [1.54, 1.807) is 11.3 Å². The van der Waals surface area contributed by atoms with Crippen LogP contribution in [0, 0.1) is 0 Å². The Labute approximate surface area is 176 Å². The van der Waals surface area contributed by atoms with E-state index in [4.69, 9.17) is 5.73 Å². The first kappa shape index (κ1) is 22.1. The molecule has 1 aliphatic heterocycles. The number of fused-ring (bicyclic) bond motifs is 1. The van der Waals surface area contributed by atoms with Crippen molar-refractivity contribution in [2.24, 2.45) is 5.73 Å². The summed E-state index contributed by atoms with van der Waals surface area (Å²) in [6, 6.07) is 10.5. The van der Waals surface area contributed by atoms with Crippen molar-refractivity contribution in [1.82, 2.24) is 9.88 Å². The fourth-order valence-electron chi connectivity index (χ4n) is 3.73. The molecule has 1 aromatic heterocycles. The molecular weight excluding hydrogens is 403 g/mol. The van der Waals surface area contributed by atoms with E-state index < -0.39 is 5.54 Å². The van der Waals surface area contributed by atoms with Crippen molar-refractivity contribution in [1.29, 1.82) is 0 Å². The summed E-state index contributed by atoms with van der Waals surface area (Å²) >= 11 is 1.60. The highest BCUT2D eigenvalue weighted by atomic mass is 35.5. The molecule has 5 nitrogen and oxygen atoms in total. The summed E-state index contributed by atoms with van der Waals surface area (Å²) in [7, 11) is 0. The van der Waals surface area contributed by atoms with E-state index in [1.807, 2.05) is 6.07 Å². The van der Waals surface area contributed by atoms with Crippen molar-refractivity contribution >= 4 is 47.2 Å². The second kappa shape index (κ2) is 9.34. The highest BCUT2D eigenvalue weighted by Crippen LogP contribution is 2.32. The Morgan fingerprint density at radius 2 is 1.93 bits per heavy atom. The number of amides is 1. The molecule has 0 unspecified atom stereocenters. The summed E-state index contributed by atoms with van der Waals surface area (Å²) in [4.78, 5) is 20.8. The fraction of sp³-hybridized carbons (Fsp3) is 0.474. The summed E-state index contributed by atoms with van der Waals surface area (Å²) < 4.78 is 0. The van der Waals surface area contributed by atoms with Gasteiger partial charge < -0.3 is 11.1 Å². The molecule has 0 atom stereocenters. The van der Waals surface area contributed by atoms with Gasteiger partial charge in [0.25, 0.3) is 0 Å². The molecule has 2 aromatic rings. The maximum absolute atomic E-state index is 12.5. The van der Waals surface area contributed by atoms with Crippen LogP contribution in [0.4, 0.5) is 5.13 Å². The van der Waals surface area contributed by atoms with Crippen LogP contribution in [-0.4, -0.2) is 27.9 Å². The summed E-state index contributed by atoms with van der Waals surface area (Å²) in [6.45, 7) is 2.84. The SMILES string of the molecule is Cl.Cl.NC1(C(=O)Nc2nc3c(s2)CN(Cc2ccccc2)CC3)CCCC1. The third-order valence-corrected chi connectivity index (χ3v) is 6.23. The molecule has 4 rings (SSSR count). The minimum atomic E-state index is -0.703. The van der Waals surface area contributed by atoms with E-state index in [1.165, 1.54) is 10.4 Å². The van der Waals surface area contributed by atoms with Crippen LogP contribution in [0.3, 0.4) is 0 Å². The number of hydrogen-bond donors (Lipinski definition) is 2. The van der Waals surface area contributed by atoms with Crippen LogP contribution in [-0.2, 0) is 24.3 Å². The second-order valence-electron chi connectivity index (χ2n) is 7.15. The van der Waals surface area contributed by atoms with E-state index in [0.29, 0.717) is 5.13 Å². The molecular formula is C19H26Cl2N4OS. The number of thiazole rings is 1. The van der Waals surface area contributed by atoms with Gasteiger partial charge in [0.2, 0.25) is 5.91 Å². The number of carbonyl (C=O) groups excluding carboxylic acids is 1. The van der Waals surface area contributed by atoms with Gasteiger partial charge in [0.1, 0.15) is 0 Å². The molecule has 8 heteroatoms. The number of carbonyl (C=O) groups is 1. The molecule has 27 heavy (non-hydrogen) atoms. The van der Waals surface area contributed by atoms with Crippen LogP contribution in [0.2, 0.25) is 0 Å². The molecule has 148 valence electrons. The van der Waals surface area contributed by atoms with Crippen LogP contribution < -0.4 is 11.1 Å². The Morgan fingerprint density at radius 3 is 2.63 bits per heavy atom. The highest BCUT2D eigenvalue weighted by Gasteiger charge is 2.37. The van der Waals surface area contributed by atoms with Crippen molar-refractivity contribution in [2.75, 3.05) is 11.9 Å². The number of aromatic nitrogens is 1. The van der Waals surface area contributed by atoms with E-state index in [2.05, 4.69) is 39.5 Å². The summed E-state index contributed by atoms with van der Waals surface area (Å²) in [6.07, 6.45) is 4.55. The van der Waals surface area contributed by atoms with E-state index in [9.17, 15) is 4.79 Å². The average Bonchev–Trinajstić information content (AvgIpc) is 3.22. The number of nitrogens with two attached hydrogens (primary N) is 1. The average molecular weight is 429 g/mol. The minimum absolute atomic E-state index is 0. The Hall–Kier alpha value is -1.18. The lowest BCUT2D eigenvalue weighted by Crippen LogP contribution is -2.48. The normalized spacial score (nSPS) is 18.1. The van der Waals surface area contributed by atoms with Crippen LogP contribution in [0.5, 0.6) is 0 Å². The first-order valence-corrected chi connectivity index (χ1v) is 9.79. The van der Waals surface area contributed by atoms with Gasteiger partial charge in [0.15, 0.2) is 5.13 Å². The van der Waals surface area contributed by atoms with Gasteiger partial charge in [0, 0.05) is 30.9 Å². The zero-order valence-electron chi connectivity index (χ0n) is 15.1. The van der Waals surface area contributed by atoms with E-state index in [-0.39, 0.29) is 30.7 Å². The smallest absolute Gasteiger partial charge is 0.246 e. The van der Waals surface area contributed by atoms with Crippen LogP contribution in [0.15, 0.2) is 30.3 Å². The fourth-order valence-corrected chi connectivity index (χ4v) is 4.78. The highest BCUT2D eigenvalue weighted by molar-refractivity contribution is 7.15. The minimum Gasteiger partial charge on any atom is -0.317 e. The van der Waals surface area contributed by atoms with Crippen molar-refractivity contribution < 1.29 is 4.79 Å². The van der Waals surface area contributed by atoms with Gasteiger partial charge in [-0.15, -0.1) is 36.2 Å². The maximum Gasteiger partial charge on any atom is 0.246 e. The van der Waals surface area contributed by atoms with Gasteiger partial charge in [0.05, 0.1) is 11.2 Å². The van der Waals surface area contributed by atoms with Crippen LogP contribution >= 0.6 is 36.2 Å². The number of nitrogens with one attached hydrogen (secondary N) is 1. The molecule has 1 fully saturated rings. The molecule has 1 amide bonds. The number of anilines is 1. The molecule has 0 spiro atoms. The van der Waals surface area contributed by atoms with Gasteiger partial charge in [-0.1, -0.05) is 43.2 Å². The van der Waals surface area contributed by atoms with Crippen molar-refractivity contribution in [3.63, 3.8) is 0 Å². The van der Waals surface area contributed by atoms with Crippen molar-refractivity contribution in [2.45, 2.75) is 50.7 Å². The number of halogens is 2. The van der Waals surface area contributed by atoms with Gasteiger partial charge >= 0.3 is 0 Å². The summed E-state index contributed by atoms with van der Waals surface area (Å²) in [5.41, 5.74) is 7.99. The maximum atomic E-state index is 12.5. The second-order valence-corrected chi connectivity index (χ2v) is 8.24. The lowest BCUT2D eigenvalue weighted by Gasteiger charge is -2.25. The zero-order chi connectivity index (χ0) is 17.3. The Morgan fingerprint density at radius 1 is 1.22 bits per heavy atom. The number of rotatable bonds is 4. The van der Waals surface area contributed by atoms with Gasteiger partial charge in [-0.2, -0.15) is 0 Å². The first-order chi connectivity index (χ1) is 12.1. The topological polar surface area (TPSA) is 71.2 Å². The predicted octanol–water partition coefficient (Wildman–Crippen LogP) is 3.76. The van der Waals surface area contributed by atoms with Crippen LogP contribution in [0.1, 0.15) is 41.8 Å².